The Morgan fingerprint density at radius 3 is 2.56 bits per heavy atom. The fraction of sp³-hybridized carbons (Fsp3) is 0.462. The average Bonchev–Trinajstić information content (AvgIpc) is 2.39. The highest BCUT2D eigenvalue weighted by molar-refractivity contribution is 5.85. The standard InChI is InChI=1S/C13H18FN3O/c1-13(12(15)18,17-8-6-16-7-9-17)10-4-2-3-5-11(10)14/h2-5,16H,6-9H2,1H3,(H2,15,18). The van der Waals surface area contributed by atoms with Crippen molar-refractivity contribution < 1.29 is 9.18 Å². The average molecular weight is 251 g/mol. The number of piperazine rings is 1. The smallest absolute Gasteiger partial charge is 0.242 e. The fourth-order valence-corrected chi connectivity index (χ4v) is 2.43. The van der Waals surface area contributed by atoms with E-state index in [2.05, 4.69) is 5.32 Å². The summed E-state index contributed by atoms with van der Waals surface area (Å²) in [4.78, 5) is 13.8. The molecule has 1 aromatic rings. The molecule has 0 aromatic heterocycles. The van der Waals surface area contributed by atoms with Crippen molar-refractivity contribution in [3.8, 4) is 0 Å². The van der Waals surface area contributed by atoms with E-state index in [0.717, 1.165) is 13.1 Å². The van der Waals surface area contributed by atoms with Gasteiger partial charge in [0.1, 0.15) is 11.4 Å². The van der Waals surface area contributed by atoms with E-state index in [9.17, 15) is 9.18 Å². The minimum Gasteiger partial charge on any atom is -0.368 e. The first kappa shape index (κ1) is 13.0. The Hall–Kier alpha value is -1.46. The quantitative estimate of drug-likeness (QED) is 0.819. The number of amides is 1. The van der Waals surface area contributed by atoms with E-state index < -0.39 is 17.3 Å². The Labute approximate surface area is 106 Å². The van der Waals surface area contributed by atoms with Crippen molar-refractivity contribution in [3.63, 3.8) is 0 Å². The first-order valence-electron chi connectivity index (χ1n) is 6.07. The van der Waals surface area contributed by atoms with Crippen LogP contribution < -0.4 is 11.1 Å². The molecular formula is C13H18FN3O. The second-order valence-electron chi connectivity index (χ2n) is 4.65. The summed E-state index contributed by atoms with van der Waals surface area (Å²) in [5.41, 5.74) is 4.79. The first-order valence-corrected chi connectivity index (χ1v) is 6.07. The van der Waals surface area contributed by atoms with Crippen LogP contribution in [0.5, 0.6) is 0 Å². The van der Waals surface area contributed by atoms with Crippen molar-refractivity contribution >= 4 is 5.91 Å². The molecule has 98 valence electrons. The number of hydrogen-bond donors (Lipinski definition) is 2. The molecule has 0 saturated carbocycles. The van der Waals surface area contributed by atoms with Crippen LogP contribution in [0.2, 0.25) is 0 Å². The molecule has 3 N–H and O–H groups in total. The number of rotatable bonds is 3. The van der Waals surface area contributed by atoms with Crippen molar-refractivity contribution in [2.24, 2.45) is 5.73 Å². The predicted octanol–water partition coefficient (Wildman–Crippen LogP) is 0.431. The zero-order valence-electron chi connectivity index (χ0n) is 10.4. The van der Waals surface area contributed by atoms with Gasteiger partial charge in [0.2, 0.25) is 5.91 Å². The predicted molar refractivity (Wildman–Crippen MR) is 67.4 cm³/mol. The highest BCUT2D eigenvalue weighted by Gasteiger charge is 2.41. The van der Waals surface area contributed by atoms with Crippen LogP contribution in [-0.2, 0) is 10.3 Å². The van der Waals surface area contributed by atoms with Gasteiger partial charge in [-0.15, -0.1) is 0 Å². The summed E-state index contributed by atoms with van der Waals surface area (Å²) < 4.78 is 14.0. The Morgan fingerprint density at radius 1 is 1.39 bits per heavy atom. The van der Waals surface area contributed by atoms with Crippen LogP contribution in [0.4, 0.5) is 4.39 Å². The van der Waals surface area contributed by atoms with Crippen LogP contribution in [-0.4, -0.2) is 37.0 Å². The highest BCUT2D eigenvalue weighted by atomic mass is 19.1. The molecule has 1 aromatic carbocycles. The van der Waals surface area contributed by atoms with Gasteiger partial charge in [-0.3, -0.25) is 9.69 Å². The summed E-state index contributed by atoms with van der Waals surface area (Å²) >= 11 is 0. The lowest BCUT2D eigenvalue weighted by molar-refractivity contribution is -0.130. The maximum atomic E-state index is 14.0. The number of primary amides is 1. The zero-order valence-corrected chi connectivity index (χ0v) is 10.4. The van der Waals surface area contributed by atoms with Gasteiger partial charge >= 0.3 is 0 Å². The molecule has 0 radical (unpaired) electrons. The summed E-state index contributed by atoms with van der Waals surface area (Å²) in [5.74, 6) is -0.910. The normalized spacial score (nSPS) is 20.3. The van der Waals surface area contributed by atoms with E-state index in [1.54, 1.807) is 25.1 Å². The highest BCUT2D eigenvalue weighted by Crippen LogP contribution is 2.30. The van der Waals surface area contributed by atoms with Crippen molar-refractivity contribution in [2.45, 2.75) is 12.5 Å². The monoisotopic (exact) mass is 251 g/mol. The van der Waals surface area contributed by atoms with Crippen LogP contribution in [0.3, 0.4) is 0 Å². The third-order valence-electron chi connectivity index (χ3n) is 3.63. The molecule has 0 spiro atoms. The molecule has 0 bridgehead atoms. The van der Waals surface area contributed by atoms with Crippen LogP contribution in [0, 0.1) is 5.82 Å². The molecule has 1 heterocycles. The van der Waals surface area contributed by atoms with Gasteiger partial charge in [-0.2, -0.15) is 0 Å². The minimum atomic E-state index is -1.09. The Morgan fingerprint density at radius 2 is 2.00 bits per heavy atom. The zero-order chi connectivity index (χ0) is 13.2. The van der Waals surface area contributed by atoms with Gasteiger partial charge in [-0.05, 0) is 13.0 Å². The van der Waals surface area contributed by atoms with Gasteiger partial charge in [0.25, 0.3) is 0 Å². The number of nitrogens with one attached hydrogen (secondary N) is 1. The van der Waals surface area contributed by atoms with Crippen molar-refractivity contribution in [2.75, 3.05) is 26.2 Å². The Bertz CT molecular complexity index is 446. The molecule has 1 amide bonds. The van der Waals surface area contributed by atoms with Crippen LogP contribution >= 0.6 is 0 Å². The van der Waals surface area contributed by atoms with Crippen LogP contribution in [0.1, 0.15) is 12.5 Å². The Kier molecular flexibility index (Phi) is 3.63. The first-order chi connectivity index (χ1) is 8.56. The number of hydrogen-bond acceptors (Lipinski definition) is 3. The summed E-state index contributed by atoms with van der Waals surface area (Å²) in [6, 6.07) is 6.32. The molecule has 1 atom stereocenters. The van der Waals surface area contributed by atoms with Crippen LogP contribution in [0.15, 0.2) is 24.3 Å². The molecule has 0 aliphatic carbocycles. The largest absolute Gasteiger partial charge is 0.368 e. The number of carbonyl (C=O) groups excluding carboxylic acids is 1. The van der Waals surface area contributed by atoms with Crippen LogP contribution in [0.25, 0.3) is 0 Å². The number of benzene rings is 1. The van der Waals surface area contributed by atoms with Gasteiger partial charge in [0, 0.05) is 31.7 Å². The van der Waals surface area contributed by atoms with Crippen molar-refractivity contribution in [1.82, 2.24) is 10.2 Å². The summed E-state index contributed by atoms with van der Waals surface area (Å²) in [6.45, 7) is 4.59. The molecule has 1 saturated heterocycles. The van der Waals surface area contributed by atoms with Gasteiger partial charge < -0.3 is 11.1 Å². The van der Waals surface area contributed by atoms with Crippen molar-refractivity contribution in [1.29, 1.82) is 0 Å². The molecule has 2 rings (SSSR count). The van der Waals surface area contributed by atoms with Gasteiger partial charge in [-0.25, -0.2) is 4.39 Å². The second-order valence-corrected chi connectivity index (χ2v) is 4.65. The number of carbonyl (C=O) groups is 1. The summed E-state index contributed by atoms with van der Waals surface area (Å²) in [5, 5.41) is 3.20. The number of halogens is 1. The lowest BCUT2D eigenvalue weighted by Gasteiger charge is -2.41. The molecule has 18 heavy (non-hydrogen) atoms. The number of nitrogens with two attached hydrogens (primary N) is 1. The molecule has 1 aliphatic heterocycles. The maximum Gasteiger partial charge on any atom is 0.242 e. The van der Waals surface area contributed by atoms with Gasteiger partial charge in [-0.1, -0.05) is 18.2 Å². The van der Waals surface area contributed by atoms with Gasteiger partial charge in [0.15, 0.2) is 0 Å². The third-order valence-corrected chi connectivity index (χ3v) is 3.63. The summed E-state index contributed by atoms with van der Waals surface area (Å²) in [7, 11) is 0. The summed E-state index contributed by atoms with van der Waals surface area (Å²) in [6.07, 6.45) is 0. The number of nitrogens with zero attached hydrogens (tertiary/aromatic N) is 1. The third kappa shape index (κ3) is 2.11. The molecule has 1 unspecified atom stereocenters. The molecule has 1 fully saturated rings. The topological polar surface area (TPSA) is 58.4 Å². The lowest BCUT2D eigenvalue weighted by atomic mass is 9.88. The van der Waals surface area contributed by atoms with E-state index >= 15 is 0 Å². The van der Waals surface area contributed by atoms with E-state index in [1.807, 2.05) is 4.90 Å². The van der Waals surface area contributed by atoms with E-state index in [4.69, 9.17) is 5.73 Å². The van der Waals surface area contributed by atoms with Gasteiger partial charge in [0.05, 0.1) is 0 Å². The minimum absolute atomic E-state index is 0.347. The lowest BCUT2D eigenvalue weighted by Crippen LogP contribution is -2.58. The fourth-order valence-electron chi connectivity index (χ4n) is 2.43. The molecule has 1 aliphatic rings. The van der Waals surface area contributed by atoms with Crippen molar-refractivity contribution in [3.05, 3.63) is 35.6 Å². The molecular weight excluding hydrogens is 233 g/mol. The van der Waals surface area contributed by atoms with E-state index in [1.165, 1.54) is 6.07 Å². The second kappa shape index (κ2) is 5.04. The SMILES string of the molecule is CC(C(N)=O)(c1ccccc1F)N1CCNCC1. The van der Waals surface area contributed by atoms with E-state index in [0.29, 0.717) is 18.7 Å². The molecule has 5 heteroatoms. The maximum absolute atomic E-state index is 14.0. The van der Waals surface area contributed by atoms with E-state index in [-0.39, 0.29) is 0 Å². The molecule has 4 nitrogen and oxygen atoms in total. The Balaban J connectivity index is 2.43.